The minimum atomic E-state index is -0.987. The lowest BCUT2D eigenvalue weighted by atomic mass is 10.1. The van der Waals surface area contributed by atoms with Crippen molar-refractivity contribution in [3.05, 3.63) is 41.6 Å². The van der Waals surface area contributed by atoms with Gasteiger partial charge >= 0.3 is 5.97 Å². The molecule has 28 heavy (non-hydrogen) atoms. The van der Waals surface area contributed by atoms with E-state index in [-0.39, 0.29) is 31.8 Å². The Labute approximate surface area is 163 Å². The Morgan fingerprint density at radius 3 is 2.64 bits per heavy atom. The first-order chi connectivity index (χ1) is 13.4. The lowest BCUT2D eigenvalue weighted by Crippen LogP contribution is -2.58. The van der Waals surface area contributed by atoms with Crippen LogP contribution in [0.3, 0.4) is 0 Å². The average molecular weight is 387 g/mol. The van der Waals surface area contributed by atoms with E-state index in [1.807, 2.05) is 25.1 Å². The molecule has 1 aliphatic heterocycles. The maximum absolute atomic E-state index is 13.1. The number of nitrogens with one attached hydrogen (secondary N) is 2. The molecule has 1 aromatic rings. The van der Waals surface area contributed by atoms with Gasteiger partial charge in [-0.05, 0) is 18.1 Å². The molecular weight excluding hydrogens is 362 g/mol. The van der Waals surface area contributed by atoms with E-state index in [2.05, 4.69) is 10.6 Å². The van der Waals surface area contributed by atoms with Crippen LogP contribution in [0.5, 0.6) is 0 Å². The third-order valence-electron chi connectivity index (χ3n) is 4.07. The van der Waals surface area contributed by atoms with E-state index in [0.717, 1.165) is 5.56 Å². The molecule has 8 nitrogen and oxygen atoms in total. The van der Waals surface area contributed by atoms with Gasteiger partial charge in [-0.1, -0.05) is 37.3 Å². The highest BCUT2D eigenvalue weighted by atomic mass is 16.5. The van der Waals surface area contributed by atoms with E-state index >= 15 is 0 Å². The summed E-state index contributed by atoms with van der Waals surface area (Å²) in [5.41, 5.74) is 0.764. The highest BCUT2D eigenvalue weighted by Gasteiger charge is 2.36. The topological polar surface area (TPSA) is 105 Å². The summed E-state index contributed by atoms with van der Waals surface area (Å²) in [5, 5.41) is 5.19. The Balaban J connectivity index is 2.26. The standard InChI is InChI=1S/C20H25N3O5/c1-3-11-28-18(25)13-17-19(26)21-9-10-23(17)20(27)16(22-14(2)24)12-15-7-5-4-6-8-15/h4-8,12,17H,3,9-11,13H2,1-2H3,(H,21,26)(H,22,24)/b16-12-. The Kier molecular flexibility index (Phi) is 7.74. The molecule has 0 saturated carbocycles. The zero-order chi connectivity index (χ0) is 20.5. The molecule has 0 radical (unpaired) electrons. The number of carbonyl (C=O) groups is 4. The second-order valence-electron chi connectivity index (χ2n) is 6.38. The number of benzene rings is 1. The number of hydrogen-bond donors (Lipinski definition) is 2. The third kappa shape index (κ3) is 5.94. The van der Waals surface area contributed by atoms with E-state index in [9.17, 15) is 19.2 Å². The van der Waals surface area contributed by atoms with E-state index in [1.165, 1.54) is 11.8 Å². The number of nitrogens with zero attached hydrogens (tertiary/aromatic N) is 1. The number of rotatable bonds is 7. The van der Waals surface area contributed by atoms with Crippen LogP contribution in [0.1, 0.15) is 32.3 Å². The maximum Gasteiger partial charge on any atom is 0.308 e. The summed E-state index contributed by atoms with van der Waals surface area (Å²) in [6, 6.07) is 8.04. The summed E-state index contributed by atoms with van der Waals surface area (Å²) in [4.78, 5) is 50.3. The number of carbonyl (C=O) groups excluding carboxylic acids is 4. The van der Waals surface area contributed by atoms with Crippen molar-refractivity contribution in [2.24, 2.45) is 0 Å². The first-order valence-electron chi connectivity index (χ1n) is 9.21. The molecule has 1 fully saturated rings. The van der Waals surface area contributed by atoms with Gasteiger partial charge in [0.05, 0.1) is 13.0 Å². The molecule has 1 heterocycles. The highest BCUT2D eigenvalue weighted by molar-refractivity contribution is 6.03. The quantitative estimate of drug-likeness (QED) is 0.533. The van der Waals surface area contributed by atoms with Crippen molar-refractivity contribution in [1.82, 2.24) is 15.5 Å². The van der Waals surface area contributed by atoms with Crippen LogP contribution >= 0.6 is 0 Å². The van der Waals surface area contributed by atoms with Gasteiger partial charge in [0.15, 0.2) is 0 Å². The van der Waals surface area contributed by atoms with Gasteiger partial charge in [0.1, 0.15) is 11.7 Å². The lowest BCUT2D eigenvalue weighted by Gasteiger charge is -2.35. The number of amides is 3. The highest BCUT2D eigenvalue weighted by Crippen LogP contribution is 2.15. The van der Waals surface area contributed by atoms with Gasteiger partial charge in [-0.2, -0.15) is 0 Å². The summed E-state index contributed by atoms with van der Waals surface area (Å²) in [6.07, 6.45) is 1.97. The van der Waals surface area contributed by atoms with Crippen LogP contribution in [0, 0.1) is 0 Å². The zero-order valence-corrected chi connectivity index (χ0v) is 16.1. The summed E-state index contributed by atoms with van der Waals surface area (Å²) in [7, 11) is 0. The van der Waals surface area contributed by atoms with Gasteiger partial charge < -0.3 is 20.3 Å². The molecule has 1 unspecified atom stereocenters. The predicted octanol–water partition coefficient (Wildman–Crippen LogP) is 0.834. The fourth-order valence-corrected chi connectivity index (χ4v) is 2.80. The fraction of sp³-hybridized carbons (Fsp3) is 0.400. The number of ether oxygens (including phenoxy) is 1. The molecule has 1 aliphatic rings. The fourth-order valence-electron chi connectivity index (χ4n) is 2.80. The van der Waals surface area contributed by atoms with Crippen LogP contribution in [0.25, 0.3) is 6.08 Å². The Bertz CT molecular complexity index is 760. The van der Waals surface area contributed by atoms with Crippen molar-refractivity contribution in [1.29, 1.82) is 0 Å². The van der Waals surface area contributed by atoms with Crippen LogP contribution in [0.2, 0.25) is 0 Å². The second-order valence-corrected chi connectivity index (χ2v) is 6.38. The van der Waals surface area contributed by atoms with Crippen molar-refractivity contribution >= 4 is 29.8 Å². The zero-order valence-electron chi connectivity index (χ0n) is 16.1. The normalized spacial score (nSPS) is 16.9. The summed E-state index contributed by atoms with van der Waals surface area (Å²) >= 11 is 0. The molecule has 8 heteroatoms. The molecule has 1 atom stereocenters. The van der Waals surface area contributed by atoms with Crippen molar-refractivity contribution in [3.63, 3.8) is 0 Å². The van der Waals surface area contributed by atoms with E-state index in [4.69, 9.17) is 4.74 Å². The molecule has 2 N–H and O–H groups in total. The molecule has 0 spiro atoms. The second kappa shape index (κ2) is 10.2. The van der Waals surface area contributed by atoms with Crippen LogP contribution in [0.4, 0.5) is 0 Å². The minimum absolute atomic E-state index is 0.0420. The Morgan fingerprint density at radius 2 is 2.00 bits per heavy atom. The molecule has 0 aromatic heterocycles. The monoisotopic (exact) mass is 387 g/mol. The van der Waals surface area contributed by atoms with Gasteiger partial charge in [-0.25, -0.2) is 0 Å². The van der Waals surface area contributed by atoms with Crippen LogP contribution < -0.4 is 10.6 Å². The molecule has 150 valence electrons. The molecule has 1 saturated heterocycles. The average Bonchev–Trinajstić information content (AvgIpc) is 2.67. The first kappa shape index (κ1) is 21.1. The van der Waals surface area contributed by atoms with Crippen molar-refractivity contribution in [2.75, 3.05) is 19.7 Å². The van der Waals surface area contributed by atoms with Crippen LogP contribution in [0.15, 0.2) is 36.0 Å². The number of esters is 1. The van der Waals surface area contributed by atoms with Gasteiger partial charge in [-0.15, -0.1) is 0 Å². The smallest absolute Gasteiger partial charge is 0.308 e. The lowest BCUT2D eigenvalue weighted by molar-refractivity contribution is -0.151. The first-order valence-corrected chi connectivity index (χ1v) is 9.21. The number of piperazine rings is 1. The van der Waals surface area contributed by atoms with Gasteiger partial charge in [-0.3, -0.25) is 19.2 Å². The molecule has 3 amide bonds. The van der Waals surface area contributed by atoms with Crippen LogP contribution in [-0.4, -0.2) is 54.3 Å². The minimum Gasteiger partial charge on any atom is -0.466 e. The summed E-state index contributed by atoms with van der Waals surface area (Å²) in [5.74, 6) is -1.90. The van der Waals surface area contributed by atoms with Gasteiger partial charge in [0.2, 0.25) is 11.8 Å². The third-order valence-corrected chi connectivity index (χ3v) is 4.07. The van der Waals surface area contributed by atoms with Crippen molar-refractivity contribution in [3.8, 4) is 0 Å². The van der Waals surface area contributed by atoms with Crippen LogP contribution in [-0.2, 0) is 23.9 Å². The van der Waals surface area contributed by atoms with E-state index < -0.39 is 29.7 Å². The SMILES string of the molecule is CCCOC(=O)CC1C(=O)NCCN1C(=O)/C(=C/c1ccccc1)NC(C)=O. The Morgan fingerprint density at radius 1 is 1.29 bits per heavy atom. The van der Waals surface area contributed by atoms with E-state index in [1.54, 1.807) is 18.2 Å². The predicted molar refractivity (Wildman–Crippen MR) is 103 cm³/mol. The van der Waals surface area contributed by atoms with Gasteiger partial charge in [0, 0.05) is 20.0 Å². The molecule has 2 rings (SSSR count). The summed E-state index contributed by atoms with van der Waals surface area (Å²) < 4.78 is 5.05. The Hall–Kier alpha value is -3.16. The summed E-state index contributed by atoms with van der Waals surface area (Å²) in [6.45, 7) is 3.91. The van der Waals surface area contributed by atoms with E-state index in [0.29, 0.717) is 6.42 Å². The molecule has 0 aliphatic carbocycles. The largest absolute Gasteiger partial charge is 0.466 e. The number of hydrogen-bond acceptors (Lipinski definition) is 5. The molecule has 0 bridgehead atoms. The van der Waals surface area contributed by atoms with Crippen molar-refractivity contribution < 1.29 is 23.9 Å². The van der Waals surface area contributed by atoms with Crippen molar-refractivity contribution in [2.45, 2.75) is 32.7 Å². The molecule has 1 aromatic carbocycles. The van der Waals surface area contributed by atoms with Gasteiger partial charge in [0.25, 0.3) is 5.91 Å². The maximum atomic E-state index is 13.1. The molecular formula is C20H25N3O5.